The second kappa shape index (κ2) is 7.61. The quantitative estimate of drug-likeness (QED) is 0.756. The Balaban J connectivity index is 1.92. The SMILES string of the molecule is CC(C)N1[N]C(c2ccc(-c3cccc(C=O)c3)cc2)=NN(C(C)C)C1=O. The van der Waals surface area contributed by atoms with Crippen molar-refractivity contribution in [1.82, 2.24) is 15.4 Å². The smallest absolute Gasteiger partial charge is 0.298 e. The fraction of sp³-hybridized carbons (Fsp3) is 0.286. The van der Waals surface area contributed by atoms with Crippen LogP contribution in [0, 0.1) is 0 Å². The molecular weight excluding hydrogens is 340 g/mol. The summed E-state index contributed by atoms with van der Waals surface area (Å²) in [6.07, 6.45) is 0.839. The number of nitrogens with zero attached hydrogens (tertiary/aromatic N) is 4. The molecule has 6 nitrogen and oxygen atoms in total. The standard InChI is InChI=1S/C21H23N4O2/c1-14(2)24-21(27)25(15(3)4)23-20(22-24)18-10-8-17(9-11-18)19-7-5-6-16(12-19)13-26/h5-15H,1-4H3. The van der Waals surface area contributed by atoms with Crippen molar-refractivity contribution in [3.63, 3.8) is 0 Å². The van der Waals surface area contributed by atoms with Gasteiger partial charge in [0.1, 0.15) is 6.29 Å². The molecule has 0 spiro atoms. The third-order valence-corrected chi connectivity index (χ3v) is 4.27. The van der Waals surface area contributed by atoms with E-state index >= 15 is 0 Å². The van der Waals surface area contributed by atoms with Crippen molar-refractivity contribution in [3.8, 4) is 11.1 Å². The maximum absolute atomic E-state index is 12.5. The van der Waals surface area contributed by atoms with Gasteiger partial charge in [0.15, 0.2) is 5.84 Å². The van der Waals surface area contributed by atoms with Crippen molar-refractivity contribution in [2.75, 3.05) is 0 Å². The summed E-state index contributed by atoms with van der Waals surface area (Å²) in [6.45, 7) is 7.69. The Kier molecular flexibility index (Phi) is 5.26. The monoisotopic (exact) mass is 363 g/mol. The van der Waals surface area contributed by atoms with Crippen LogP contribution >= 0.6 is 0 Å². The molecular formula is C21H23N4O2. The molecule has 0 saturated heterocycles. The first-order valence-electron chi connectivity index (χ1n) is 8.99. The Morgan fingerprint density at radius 3 is 2.07 bits per heavy atom. The van der Waals surface area contributed by atoms with Crippen LogP contribution in [0.3, 0.4) is 0 Å². The zero-order valence-electron chi connectivity index (χ0n) is 16.0. The van der Waals surface area contributed by atoms with Gasteiger partial charge < -0.3 is 0 Å². The Morgan fingerprint density at radius 1 is 0.852 bits per heavy atom. The van der Waals surface area contributed by atoms with Gasteiger partial charge in [0.2, 0.25) is 0 Å². The summed E-state index contributed by atoms with van der Waals surface area (Å²) in [4.78, 5) is 23.5. The Labute approximate surface area is 159 Å². The van der Waals surface area contributed by atoms with E-state index in [9.17, 15) is 9.59 Å². The molecule has 2 aromatic rings. The molecule has 0 aromatic heterocycles. The van der Waals surface area contributed by atoms with Crippen LogP contribution in [0.4, 0.5) is 4.79 Å². The number of benzene rings is 2. The van der Waals surface area contributed by atoms with Crippen molar-refractivity contribution in [2.45, 2.75) is 39.8 Å². The molecule has 0 aliphatic carbocycles. The number of carbonyl (C=O) groups excluding carboxylic acids is 2. The molecule has 0 N–H and O–H groups in total. The highest BCUT2D eigenvalue weighted by molar-refractivity contribution is 6.01. The van der Waals surface area contributed by atoms with Gasteiger partial charge in [0.25, 0.3) is 0 Å². The highest BCUT2D eigenvalue weighted by Crippen LogP contribution is 2.22. The van der Waals surface area contributed by atoms with E-state index in [0.717, 1.165) is 23.0 Å². The number of hydrazone groups is 1. The molecule has 0 fully saturated rings. The third kappa shape index (κ3) is 3.84. The number of amidine groups is 1. The van der Waals surface area contributed by atoms with Crippen LogP contribution in [0.15, 0.2) is 53.6 Å². The van der Waals surface area contributed by atoms with Gasteiger partial charge in [-0.15, -0.1) is 10.5 Å². The van der Waals surface area contributed by atoms with E-state index in [0.29, 0.717) is 11.4 Å². The Morgan fingerprint density at radius 2 is 1.48 bits per heavy atom. The average Bonchev–Trinajstić information content (AvgIpc) is 2.68. The first-order chi connectivity index (χ1) is 12.9. The van der Waals surface area contributed by atoms with E-state index in [1.807, 2.05) is 70.2 Å². The number of urea groups is 1. The van der Waals surface area contributed by atoms with Gasteiger partial charge in [-0.3, -0.25) is 4.79 Å². The zero-order valence-corrected chi connectivity index (χ0v) is 16.0. The van der Waals surface area contributed by atoms with Gasteiger partial charge in [-0.1, -0.05) is 42.5 Å². The number of carbonyl (C=O) groups is 2. The van der Waals surface area contributed by atoms with E-state index in [-0.39, 0.29) is 18.1 Å². The van der Waals surface area contributed by atoms with Gasteiger partial charge in [-0.05, 0) is 44.9 Å². The van der Waals surface area contributed by atoms with Crippen LogP contribution in [0.1, 0.15) is 43.6 Å². The van der Waals surface area contributed by atoms with Gasteiger partial charge in [0, 0.05) is 11.1 Å². The van der Waals surface area contributed by atoms with Crippen LogP contribution < -0.4 is 5.43 Å². The summed E-state index contributed by atoms with van der Waals surface area (Å²) in [5, 5.41) is 7.36. The third-order valence-electron chi connectivity index (χ3n) is 4.27. The molecule has 1 heterocycles. The lowest BCUT2D eigenvalue weighted by molar-refractivity contribution is 0.103. The number of hydrogen-bond acceptors (Lipinski definition) is 3. The summed E-state index contributed by atoms with van der Waals surface area (Å²) in [5.74, 6) is 0.505. The van der Waals surface area contributed by atoms with Crippen LogP contribution in [0.25, 0.3) is 11.1 Å². The summed E-state index contributed by atoms with van der Waals surface area (Å²) >= 11 is 0. The zero-order chi connectivity index (χ0) is 19.6. The highest BCUT2D eigenvalue weighted by atomic mass is 16.2. The fourth-order valence-electron chi connectivity index (χ4n) is 2.81. The van der Waals surface area contributed by atoms with Crippen molar-refractivity contribution in [1.29, 1.82) is 0 Å². The van der Waals surface area contributed by atoms with Crippen LogP contribution in [-0.2, 0) is 0 Å². The predicted octanol–water partition coefficient (Wildman–Crippen LogP) is 3.90. The number of rotatable bonds is 5. The van der Waals surface area contributed by atoms with Crippen molar-refractivity contribution >= 4 is 18.2 Å². The maximum Gasteiger partial charge on any atom is 0.361 e. The molecule has 0 saturated carbocycles. The summed E-state index contributed by atoms with van der Waals surface area (Å²) in [5.41, 5.74) is 7.87. The molecule has 0 bridgehead atoms. The van der Waals surface area contributed by atoms with Gasteiger partial charge in [-0.25, -0.2) is 14.8 Å². The topological polar surface area (TPSA) is 67.1 Å². The molecule has 2 aromatic carbocycles. The van der Waals surface area contributed by atoms with Crippen molar-refractivity contribution in [2.24, 2.45) is 5.10 Å². The molecule has 2 amide bonds. The summed E-state index contributed by atoms with van der Waals surface area (Å²) in [7, 11) is 0. The van der Waals surface area contributed by atoms with E-state index in [1.54, 1.807) is 6.07 Å². The van der Waals surface area contributed by atoms with E-state index in [1.165, 1.54) is 10.0 Å². The van der Waals surface area contributed by atoms with Crippen LogP contribution in [0.2, 0.25) is 0 Å². The Hall–Kier alpha value is -3.15. The largest absolute Gasteiger partial charge is 0.361 e. The lowest BCUT2D eigenvalue weighted by Crippen LogP contribution is -2.56. The minimum Gasteiger partial charge on any atom is -0.298 e. The molecule has 0 unspecified atom stereocenters. The van der Waals surface area contributed by atoms with Crippen molar-refractivity contribution in [3.05, 3.63) is 59.7 Å². The van der Waals surface area contributed by atoms with Gasteiger partial charge >= 0.3 is 6.03 Å². The van der Waals surface area contributed by atoms with Crippen LogP contribution in [0.5, 0.6) is 0 Å². The molecule has 139 valence electrons. The first kappa shape index (κ1) is 18.6. The number of amides is 2. The predicted molar refractivity (Wildman–Crippen MR) is 105 cm³/mol. The lowest BCUT2D eigenvalue weighted by atomic mass is 10.0. The van der Waals surface area contributed by atoms with E-state index < -0.39 is 0 Å². The summed E-state index contributed by atoms with van der Waals surface area (Å²) < 4.78 is 0. The fourth-order valence-corrected chi connectivity index (χ4v) is 2.81. The number of hydrogen-bond donors (Lipinski definition) is 0. The van der Waals surface area contributed by atoms with Crippen molar-refractivity contribution < 1.29 is 9.59 Å². The molecule has 1 radical (unpaired) electrons. The minimum absolute atomic E-state index is 0.0606. The highest BCUT2D eigenvalue weighted by Gasteiger charge is 2.33. The number of aldehydes is 1. The molecule has 27 heavy (non-hydrogen) atoms. The minimum atomic E-state index is -0.217. The van der Waals surface area contributed by atoms with Crippen LogP contribution in [-0.4, -0.2) is 40.3 Å². The van der Waals surface area contributed by atoms with E-state index in [2.05, 4.69) is 10.5 Å². The maximum atomic E-state index is 12.5. The Bertz CT molecular complexity index is 872. The molecule has 0 atom stereocenters. The normalized spacial score (nSPS) is 14.4. The molecule has 1 aliphatic rings. The molecule has 6 heteroatoms. The van der Waals surface area contributed by atoms with Gasteiger partial charge in [0.05, 0.1) is 12.1 Å². The average molecular weight is 363 g/mol. The van der Waals surface area contributed by atoms with E-state index in [4.69, 9.17) is 0 Å². The first-order valence-corrected chi connectivity index (χ1v) is 8.99. The summed E-state index contributed by atoms with van der Waals surface area (Å²) in [6, 6.07) is 14.9. The second-order valence-corrected chi connectivity index (χ2v) is 7.00. The van der Waals surface area contributed by atoms with Gasteiger partial charge in [-0.2, -0.15) is 0 Å². The lowest BCUT2D eigenvalue weighted by Gasteiger charge is -2.35. The molecule has 3 rings (SSSR count). The second-order valence-electron chi connectivity index (χ2n) is 7.00. The molecule has 1 aliphatic heterocycles.